The Hall–Kier alpha value is -3.43. The number of anilines is 1. The number of thiocarbonyl (C=S) groups is 1. The van der Waals surface area contributed by atoms with Gasteiger partial charge in [-0.05, 0) is 85.7 Å². The predicted molar refractivity (Wildman–Crippen MR) is 126 cm³/mol. The third-order valence-electron chi connectivity index (χ3n) is 5.32. The van der Waals surface area contributed by atoms with E-state index in [1.807, 2.05) is 19.9 Å². The minimum absolute atomic E-state index is 0.0589. The molecule has 0 atom stereocenters. The average molecular weight is 505 g/mol. The van der Waals surface area contributed by atoms with E-state index in [1.165, 1.54) is 29.2 Å². The van der Waals surface area contributed by atoms with Gasteiger partial charge in [-0.3, -0.25) is 19.8 Å². The summed E-state index contributed by atoms with van der Waals surface area (Å²) in [5.74, 6) is -1.15. The number of carbonyl (C=O) groups is 2. The van der Waals surface area contributed by atoms with Gasteiger partial charge in [0.2, 0.25) is 0 Å². The van der Waals surface area contributed by atoms with Crippen molar-refractivity contribution in [3.05, 3.63) is 81.6 Å². The van der Waals surface area contributed by atoms with Crippen LogP contribution >= 0.6 is 23.8 Å². The van der Waals surface area contributed by atoms with Crippen molar-refractivity contribution in [3.63, 3.8) is 0 Å². The van der Waals surface area contributed by atoms with Gasteiger partial charge in [0.05, 0.1) is 16.3 Å². The Kier molecular flexibility index (Phi) is 6.09. The molecule has 0 saturated carbocycles. The fourth-order valence-corrected chi connectivity index (χ4v) is 3.89. The van der Waals surface area contributed by atoms with E-state index in [4.69, 9.17) is 28.2 Å². The first-order valence-electron chi connectivity index (χ1n) is 9.91. The van der Waals surface area contributed by atoms with Crippen molar-refractivity contribution in [3.8, 4) is 11.3 Å². The molecule has 1 saturated heterocycles. The molecule has 1 fully saturated rings. The number of carbonyl (C=O) groups excluding carboxylic acids is 2. The van der Waals surface area contributed by atoms with Crippen LogP contribution in [0.1, 0.15) is 22.5 Å². The highest BCUT2D eigenvalue weighted by atomic mass is 35.5. The smallest absolute Gasteiger partial charge is 0.417 e. The molecule has 34 heavy (non-hydrogen) atoms. The molecule has 2 heterocycles. The fourth-order valence-electron chi connectivity index (χ4n) is 3.38. The first-order valence-corrected chi connectivity index (χ1v) is 10.7. The molecule has 1 aromatic heterocycles. The number of amides is 2. The summed E-state index contributed by atoms with van der Waals surface area (Å²) in [6.07, 6.45) is -3.41. The van der Waals surface area contributed by atoms with E-state index in [-0.39, 0.29) is 27.8 Å². The summed E-state index contributed by atoms with van der Waals surface area (Å²) in [5.41, 5.74) is 1.36. The second-order valence-corrected chi connectivity index (χ2v) is 8.41. The quantitative estimate of drug-likeness (QED) is 0.267. The van der Waals surface area contributed by atoms with Crippen LogP contribution in [0.15, 0.2) is 58.5 Å². The predicted octanol–water partition coefficient (Wildman–Crippen LogP) is 6.07. The number of halogens is 4. The largest absolute Gasteiger partial charge is 0.457 e. The van der Waals surface area contributed by atoms with Gasteiger partial charge in [-0.25, -0.2) is 0 Å². The maximum absolute atomic E-state index is 13.2. The lowest BCUT2D eigenvalue weighted by molar-refractivity contribution is -0.137. The van der Waals surface area contributed by atoms with E-state index in [1.54, 1.807) is 12.1 Å². The van der Waals surface area contributed by atoms with Crippen molar-refractivity contribution in [1.82, 2.24) is 5.32 Å². The molecule has 5 nitrogen and oxygen atoms in total. The third-order valence-corrected chi connectivity index (χ3v) is 5.93. The summed E-state index contributed by atoms with van der Waals surface area (Å²) in [6.45, 7) is 3.81. The van der Waals surface area contributed by atoms with E-state index in [2.05, 4.69) is 5.32 Å². The lowest BCUT2D eigenvalue weighted by atomic mass is 10.1. The number of nitrogens with zero attached hydrogens (tertiary/aromatic N) is 1. The standard InChI is InChI=1S/C24H16ClF3N2O3S/c1-12-3-5-15(9-13(12)2)30-22(32)17(21(31)29-23(30)34)11-16-6-8-20(33-16)14-4-7-19(25)18(10-14)24(26,27)28/h3-11H,1-2H3,(H,29,31,34)/b17-11-. The SMILES string of the molecule is Cc1ccc(N2C(=O)/C(=C\c3ccc(-c4ccc(Cl)c(C(F)(F)F)c4)o3)C(=O)NC2=S)cc1C. The molecule has 0 aliphatic carbocycles. The molecule has 2 aromatic carbocycles. The minimum Gasteiger partial charge on any atom is -0.457 e. The van der Waals surface area contributed by atoms with E-state index in [0.717, 1.165) is 23.3 Å². The molecule has 1 aliphatic heterocycles. The normalized spacial score (nSPS) is 15.8. The van der Waals surface area contributed by atoms with Crippen LogP contribution in [0.5, 0.6) is 0 Å². The Balaban J connectivity index is 1.68. The molecule has 3 aromatic rings. The molecular formula is C24H16ClF3N2O3S. The average Bonchev–Trinajstić information content (AvgIpc) is 3.22. The van der Waals surface area contributed by atoms with Gasteiger partial charge < -0.3 is 4.42 Å². The monoisotopic (exact) mass is 504 g/mol. The zero-order valence-electron chi connectivity index (χ0n) is 17.8. The zero-order chi connectivity index (χ0) is 24.8. The summed E-state index contributed by atoms with van der Waals surface area (Å²) < 4.78 is 45.1. The molecule has 1 aliphatic rings. The minimum atomic E-state index is -4.63. The maximum atomic E-state index is 13.2. The second-order valence-electron chi connectivity index (χ2n) is 7.62. The number of nitrogens with one attached hydrogen (secondary N) is 1. The molecule has 4 rings (SSSR count). The van der Waals surface area contributed by atoms with Crippen LogP contribution < -0.4 is 10.2 Å². The molecule has 174 valence electrons. The molecule has 0 radical (unpaired) electrons. The maximum Gasteiger partial charge on any atom is 0.417 e. The Bertz CT molecular complexity index is 1380. The van der Waals surface area contributed by atoms with Crippen molar-refractivity contribution in [2.45, 2.75) is 20.0 Å². The summed E-state index contributed by atoms with van der Waals surface area (Å²) in [7, 11) is 0. The number of benzene rings is 2. The van der Waals surface area contributed by atoms with Gasteiger partial charge in [0.25, 0.3) is 11.8 Å². The number of furan rings is 1. The van der Waals surface area contributed by atoms with Gasteiger partial charge in [0.1, 0.15) is 17.1 Å². The first-order chi connectivity index (χ1) is 16.0. The van der Waals surface area contributed by atoms with Crippen LogP contribution in [0.4, 0.5) is 18.9 Å². The number of hydrogen-bond acceptors (Lipinski definition) is 4. The molecule has 0 bridgehead atoms. The Morgan fingerprint density at radius 3 is 2.44 bits per heavy atom. The third kappa shape index (κ3) is 4.49. The Morgan fingerprint density at radius 1 is 1.03 bits per heavy atom. The van der Waals surface area contributed by atoms with Crippen LogP contribution in [-0.2, 0) is 15.8 Å². The molecular weight excluding hydrogens is 489 g/mol. The lowest BCUT2D eigenvalue weighted by Crippen LogP contribution is -2.54. The summed E-state index contributed by atoms with van der Waals surface area (Å²) in [6, 6.07) is 11.6. The highest BCUT2D eigenvalue weighted by Gasteiger charge is 2.35. The van der Waals surface area contributed by atoms with Crippen LogP contribution in [0.2, 0.25) is 5.02 Å². The summed E-state index contributed by atoms with van der Waals surface area (Å²) in [4.78, 5) is 26.8. The number of aryl methyl sites for hydroxylation is 2. The van der Waals surface area contributed by atoms with Gasteiger partial charge in [-0.1, -0.05) is 17.7 Å². The molecule has 10 heteroatoms. The molecule has 1 N–H and O–H groups in total. The van der Waals surface area contributed by atoms with Crippen molar-refractivity contribution in [2.24, 2.45) is 0 Å². The zero-order valence-corrected chi connectivity index (χ0v) is 19.4. The topological polar surface area (TPSA) is 62.6 Å². The number of alkyl halides is 3. The summed E-state index contributed by atoms with van der Waals surface area (Å²) in [5, 5.41) is 1.99. The Labute approximate surface area is 202 Å². The molecule has 0 unspecified atom stereocenters. The van der Waals surface area contributed by atoms with E-state index in [0.29, 0.717) is 5.69 Å². The fraction of sp³-hybridized carbons (Fsp3) is 0.125. The van der Waals surface area contributed by atoms with Crippen molar-refractivity contribution in [2.75, 3.05) is 4.90 Å². The Morgan fingerprint density at radius 2 is 1.76 bits per heavy atom. The number of rotatable bonds is 3. The van der Waals surface area contributed by atoms with Crippen molar-refractivity contribution >= 4 is 52.5 Å². The lowest BCUT2D eigenvalue weighted by Gasteiger charge is -2.29. The van der Waals surface area contributed by atoms with Crippen LogP contribution in [0, 0.1) is 13.8 Å². The van der Waals surface area contributed by atoms with Gasteiger partial charge in [-0.2, -0.15) is 13.2 Å². The van der Waals surface area contributed by atoms with Gasteiger partial charge >= 0.3 is 6.18 Å². The number of hydrogen-bond donors (Lipinski definition) is 1. The van der Waals surface area contributed by atoms with Gasteiger partial charge in [0, 0.05) is 5.56 Å². The van der Waals surface area contributed by atoms with Crippen LogP contribution in [0.3, 0.4) is 0 Å². The summed E-state index contributed by atoms with van der Waals surface area (Å²) >= 11 is 10.9. The van der Waals surface area contributed by atoms with E-state index < -0.39 is 28.6 Å². The second kappa shape index (κ2) is 8.73. The molecule has 0 spiro atoms. The van der Waals surface area contributed by atoms with E-state index >= 15 is 0 Å². The van der Waals surface area contributed by atoms with Gasteiger partial charge in [-0.15, -0.1) is 0 Å². The highest BCUT2D eigenvalue weighted by molar-refractivity contribution is 7.80. The first kappa shape index (κ1) is 23.7. The van der Waals surface area contributed by atoms with E-state index in [9.17, 15) is 22.8 Å². The van der Waals surface area contributed by atoms with Gasteiger partial charge in [0.15, 0.2) is 5.11 Å². The van der Waals surface area contributed by atoms with Crippen molar-refractivity contribution in [1.29, 1.82) is 0 Å². The van der Waals surface area contributed by atoms with Crippen LogP contribution in [-0.4, -0.2) is 16.9 Å². The van der Waals surface area contributed by atoms with Crippen LogP contribution in [0.25, 0.3) is 17.4 Å². The van der Waals surface area contributed by atoms with Crippen molar-refractivity contribution < 1.29 is 27.2 Å². The molecule has 2 amide bonds. The highest BCUT2D eigenvalue weighted by Crippen LogP contribution is 2.37.